The number of amides is 4. The topological polar surface area (TPSA) is 131 Å². The van der Waals surface area contributed by atoms with Gasteiger partial charge in [0, 0.05) is 18.8 Å². The fourth-order valence-electron chi connectivity index (χ4n) is 5.06. The molecule has 1 aliphatic carbocycles. The van der Waals surface area contributed by atoms with Gasteiger partial charge in [-0.25, -0.2) is 9.59 Å². The van der Waals surface area contributed by atoms with Crippen LogP contribution in [0.15, 0.2) is 48.5 Å². The first-order valence-electron chi connectivity index (χ1n) is 13.6. The van der Waals surface area contributed by atoms with Crippen LogP contribution in [-0.4, -0.2) is 53.5 Å². The molecule has 4 amide bonds. The normalized spacial score (nSPS) is 16.0. The Morgan fingerprint density at radius 3 is 1.95 bits per heavy atom. The lowest BCUT2D eigenvalue weighted by Gasteiger charge is -2.26. The number of hydroxylamine groups is 2. The monoisotopic (exact) mass is 549 g/mol. The number of fused-ring (bicyclic) bond motifs is 3. The maximum Gasteiger partial charge on any atom is 0.407 e. The number of hydrogen-bond donors (Lipinski definition) is 2. The molecular formula is C30H35N3O7. The second-order valence-electron chi connectivity index (χ2n) is 10.9. The second kappa shape index (κ2) is 12.3. The van der Waals surface area contributed by atoms with E-state index < -0.39 is 41.9 Å². The first kappa shape index (κ1) is 28.8. The van der Waals surface area contributed by atoms with Gasteiger partial charge in [-0.3, -0.25) is 14.4 Å². The minimum absolute atomic E-state index is 0.0181. The van der Waals surface area contributed by atoms with E-state index in [1.807, 2.05) is 62.4 Å². The molecule has 2 atom stereocenters. The van der Waals surface area contributed by atoms with Crippen molar-refractivity contribution in [3.63, 3.8) is 0 Å². The zero-order valence-corrected chi connectivity index (χ0v) is 23.1. The van der Waals surface area contributed by atoms with Gasteiger partial charge in [-0.05, 0) is 40.5 Å². The smallest absolute Gasteiger partial charge is 0.407 e. The van der Waals surface area contributed by atoms with E-state index in [-0.39, 0.29) is 43.6 Å². The Bertz CT molecular complexity index is 1240. The number of rotatable bonds is 10. The standard InChI is InChI=1S/C30H35N3O7/c1-17(2)15-24(29(37)40-33-25(34)13-14-26(33)35)31-28(36)27(18(3)4)32-30(38)39-16-23-21-11-7-5-9-19(21)20-10-6-8-12-22(20)23/h5-12,17-18,23-24,27H,13-16H2,1-4H3,(H,31,36)(H,32,38)/t24-,27-/m0/s1. The van der Waals surface area contributed by atoms with Crippen LogP contribution < -0.4 is 10.6 Å². The van der Waals surface area contributed by atoms with Crippen molar-refractivity contribution >= 4 is 29.8 Å². The fourth-order valence-corrected chi connectivity index (χ4v) is 5.06. The zero-order chi connectivity index (χ0) is 29.0. The number of carbonyl (C=O) groups is 5. The highest BCUT2D eigenvalue weighted by Gasteiger charge is 2.37. The number of ether oxygens (including phenoxy) is 1. The third-order valence-corrected chi connectivity index (χ3v) is 7.06. The van der Waals surface area contributed by atoms with E-state index in [0.29, 0.717) is 5.06 Å². The van der Waals surface area contributed by atoms with Gasteiger partial charge in [0.2, 0.25) is 5.91 Å². The van der Waals surface area contributed by atoms with E-state index >= 15 is 0 Å². The molecule has 10 nitrogen and oxygen atoms in total. The zero-order valence-electron chi connectivity index (χ0n) is 23.1. The Hall–Kier alpha value is -4.21. The SMILES string of the molecule is CC(C)C[C@H](NC(=O)[C@@H](NC(=O)OCC1c2ccccc2-c2ccccc21)C(C)C)C(=O)ON1C(=O)CCC1=O. The highest BCUT2D eigenvalue weighted by molar-refractivity contribution is 6.02. The quantitative estimate of drug-likeness (QED) is 0.432. The van der Waals surface area contributed by atoms with Gasteiger partial charge in [0.1, 0.15) is 18.7 Å². The van der Waals surface area contributed by atoms with E-state index in [1.165, 1.54) is 0 Å². The molecule has 1 fully saturated rings. The summed E-state index contributed by atoms with van der Waals surface area (Å²) in [5.41, 5.74) is 4.35. The predicted octanol–water partition coefficient (Wildman–Crippen LogP) is 3.69. The summed E-state index contributed by atoms with van der Waals surface area (Å²) < 4.78 is 5.60. The van der Waals surface area contributed by atoms with Crippen LogP contribution in [0.3, 0.4) is 0 Å². The lowest BCUT2D eigenvalue weighted by atomic mass is 9.98. The Morgan fingerprint density at radius 2 is 1.43 bits per heavy atom. The van der Waals surface area contributed by atoms with Gasteiger partial charge in [-0.15, -0.1) is 5.06 Å². The van der Waals surface area contributed by atoms with Gasteiger partial charge in [-0.2, -0.15) is 0 Å². The average Bonchev–Trinajstić information content (AvgIpc) is 3.41. The van der Waals surface area contributed by atoms with Gasteiger partial charge in [-0.1, -0.05) is 76.2 Å². The molecular weight excluding hydrogens is 514 g/mol. The summed E-state index contributed by atoms with van der Waals surface area (Å²) in [4.78, 5) is 67.7. The number of imide groups is 1. The van der Waals surface area contributed by atoms with E-state index in [2.05, 4.69) is 10.6 Å². The number of alkyl carbamates (subject to hydrolysis) is 1. The summed E-state index contributed by atoms with van der Waals surface area (Å²) in [6, 6.07) is 13.8. The Morgan fingerprint density at radius 1 is 0.875 bits per heavy atom. The van der Waals surface area contributed by atoms with Gasteiger partial charge in [0.05, 0.1) is 0 Å². The molecule has 0 unspecified atom stereocenters. The molecule has 40 heavy (non-hydrogen) atoms. The summed E-state index contributed by atoms with van der Waals surface area (Å²) in [6.07, 6.45) is -0.622. The molecule has 2 aliphatic rings. The number of hydrogen-bond acceptors (Lipinski definition) is 7. The highest BCUT2D eigenvalue weighted by atomic mass is 16.7. The van der Waals surface area contributed by atoms with Crippen molar-refractivity contribution in [2.75, 3.05) is 6.61 Å². The van der Waals surface area contributed by atoms with Crippen molar-refractivity contribution in [3.05, 3.63) is 59.7 Å². The van der Waals surface area contributed by atoms with Crippen molar-refractivity contribution in [2.45, 2.75) is 65.0 Å². The molecule has 10 heteroatoms. The molecule has 0 bridgehead atoms. The molecule has 1 heterocycles. The molecule has 2 aromatic rings. The van der Waals surface area contributed by atoms with E-state index in [9.17, 15) is 24.0 Å². The van der Waals surface area contributed by atoms with Crippen LogP contribution in [0.1, 0.15) is 64.0 Å². The lowest BCUT2D eigenvalue weighted by Crippen LogP contribution is -2.55. The Kier molecular flexibility index (Phi) is 8.86. The minimum atomic E-state index is -1.13. The van der Waals surface area contributed by atoms with Gasteiger partial charge in [0.25, 0.3) is 11.8 Å². The van der Waals surface area contributed by atoms with Gasteiger partial charge >= 0.3 is 12.1 Å². The van der Waals surface area contributed by atoms with Crippen LogP contribution in [0.5, 0.6) is 0 Å². The molecule has 1 saturated heterocycles. The summed E-state index contributed by atoms with van der Waals surface area (Å²) in [6.45, 7) is 7.31. The minimum Gasteiger partial charge on any atom is -0.449 e. The largest absolute Gasteiger partial charge is 0.449 e. The molecule has 0 aromatic heterocycles. The number of nitrogens with one attached hydrogen (secondary N) is 2. The summed E-state index contributed by atoms with van der Waals surface area (Å²) in [5, 5.41) is 5.71. The van der Waals surface area contributed by atoms with Crippen LogP contribution in [-0.2, 0) is 28.8 Å². The van der Waals surface area contributed by atoms with Crippen molar-refractivity contribution in [1.29, 1.82) is 0 Å². The van der Waals surface area contributed by atoms with Crippen LogP contribution in [0.25, 0.3) is 11.1 Å². The van der Waals surface area contributed by atoms with E-state index in [4.69, 9.17) is 9.57 Å². The predicted molar refractivity (Wildman–Crippen MR) is 145 cm³/mol. The fraction of sp³-hybridized carbons (Fsp3) is 0.433. The Balaban J connectivity index is 1.39. The molecule has 1 aliphatic heterocycles. The highest BCUT2D eigenvalue weighted by Crippen LogP contribution is 2.44. The first-order chi connectivity index (χ1) is 19.1. The maximum absolute atomic E-state index is 13.2. The molecule has 0 spiro atoms. The number of carbonyl (C=O) groups excluding carboxylic acids is 5. The van der Waals surface area contributed by atoms with Crippen LogP contribution in [0.4, 0.5) is 4.79 Å². The molecule has 2 N–H and O–H groups in total. The third kappa shape index (κ3) is 6.32. The number of benzene rings is 2. The van der Waals surface area contributed by atoms with Crippen LogP contribution in [0, 0.1) is 11.8 Å². The molecule has 4 rings (SSSR count). The third-order valence-electron chi connectivity index (χ3n) is 7.06. The Labute approximate surface area is 233 Å². The number of nitrogens with zero attached hydrogens (tertiary/aromatic N) is 1. The van der Waals surface area contributed by atoms with Crippen molar-refractivity contribution in [1.82, 2.24) is 15.7 Å². The van der Waals surface area contributed by atoms with Crippen LogP contribution in [0.2, 0.25) is 0 Å². The lowest BCUT2D eigenvalue weighted by molar-refractivity contribution is -0.199. The van der Waals surface area contributed by atoms with Crippen LogP contribution >= 0.6 is 0 Å². The van der Waals surface area contributed by atoms with Crippen molar-refractivity contribution < 1.29 is 33.5 Å². The summed E-state index contributed by atoms with van der Waals surface area (Å²) in [7, 11) is 0. The summed E-state index contributed by atoms with van der Waals surface area (Å²) >= 11 is 0. The average molecular weight is 550 g/mol. The molecule has 0 radical (unpaired) electrons. The molecule has 212 valence electrons. The maximum atomic E-state index is 13.2. The molecule has 2 aromatic carbocycles. The van der Waals surface area contributed by atoms with Gasteiger partial charge in [0.15, 0.2) is 0 Å². The second-order valence-corrected chi connectivity index (χ2v) is 10.9. The first-order valence-corrected chi connectivity index (χ1v) is 13.6. The van der Waals surface area contributed by atoms with E-state index in [1.54, 1.807) is 13.8 Å². The van der Waals surface area contributed by atoms with Gasteiger partial charge < -0.3 is 20.2 Å². The van der Waals surface area contributed by atoms with Crippen molar-refractivity contribution in [2.24, 2.45) is 11.8 Å². The summed E-state index contributed by atoms with van der Waals surface area (Å²) in [5.74, 6) is -3.23. The van der Waals surface area contributed by atoms with Crippen molar-refractivity contribution in [3.8, 4) is 11.1 Å². The van der Waals surface area contributed by atoms with E-state index in [0.717, 1.165) is 22.3 Å². The molecule has 0 saturated carbocycles.